The molecular weight excluding hydrogens is 470 g/mol. The van der Waals surface area contributed by atoms with Crippen molar-refractivity contribution in [2.24, 2.45) is 0 Å². The van der Waals surface area contributed by atoms with Gasteiger partial charge < -0.3 is 30.0 Å². The van der Waals surface area contributed by atoms with Crippen LogP contribution in [0, 0.1) is 11.3 Å². The number of methoxy groups -OCH3 is 1. The van der Waals surface area contributed by atoms with Crippen molar-refractivity contribution in [3.8, 4) is 17.6 Å². The number of nitrogens with one attached hydrogen (secondary N) is 2. The topological polar surface area (TPSA) is 113 Å². The molecule has 0 spiro atoms. The lowest BCUT2D eigenvalue weighted by Gasteiger charge is -2.28. The van der Waals surface area contributed by atoms with Crippen LogP contribution in [0.25, 0.3) is 0 Å². The van der Waals surface area contributed by atoms with E-state index in [4.69, 9.17) is 25.8 Å². The summed E-state index contributed by atoms with van der Waals surface area (Å²) in [5.74, 6) is 0.738. The standard InChI is InChI=1S/C26H32ClN3O5/c1-26(2,12-17-4-6-19(33-3)7-5-17)30-14-18(31)16-35-22-9-8-20(24(27)21(22)13-28)25(32)23-15-29-10-11-34-23/h4-9,18,23,29-31H,10-12,14-16H2,1-3H3. The minimum Gasteiger partial charge on any atom is -0.497 e. The summed E-state index contributed by atoms with van der Waals surface area (Å²) in [4.78, 5) is 12.8. The molecule has 0 radical (unpaired) electrons. The van der Waals surface area contributed by atoms with Gasteiger partial charge in [0, 0.05) is 30.7 Å². The molecule has 0 saturated carbocycles. The number of nitrogens with zero attached hydrogens (tertiary/aromatic N) is 1. The van der Waals surface area contributed by atoms with E-state index in [1.54, 1.807) is 7.11 Å². The van der Waals surface area contributed by atoms with E-state index in [2.05, 4.69) is 24.5 Å². The Balaban J connectivity index is 1.55. The van der Waals surface area contributed by atoms with Crippen molar-refractivity contribution in [1.82, 2.24) is 10.6 Å². The summed E-state index contributed by atoms with van der Waals surface area (Å²) in [6.45, 7) is 5.87. The Morgan fingerprint density at radius 1 is 1.34 bits per heavy atom. The van der Waals surface area contributed by atoms with Gasteiger partial charge in [-0.15, -0.1) is 0 Å². The maximum absolute atomic E-state index is 12.8. The van der Waals surface area contributed by atoms with Crippen molar-refractivity contribution in [2.45, 2.75) is 38.0 Å². The second-order valence-electron chi connectivity index (χ2n) is 9.09. The lowest BCUT2D eigenvalue weighted by atomic mass is 9.94. The minimum atomic E-state index is -0.821. The number of aliphatic hydroxyl groups is 1. The van der Waals surface area contributed by atoms with Crippen LogP contribution in [0.2, 0.25) is 5.02 Å². The zero-order valence-electron chi connectivity index (χ0n) is 20.3. The van der Waals surface area contributed by atoms with Crippen molar-refractivity contribution in [3.05, 3.63) is 58.1 Å². The van der Waals surface area contributed by atoms with E-state index in [9.17, 15) is 15.2 Å². The molecule has 2 unspecified atom stereocenters. The fraction of sp³-hybridized carbons (Fsp3) is 0.462. The SMILES string of the molecule is COc1ccc(CC(C)(C)NCC(O)COc2ccc(C(=O)C3CNCCO3)c(Cl)c2C#N)cc1. The predicted molar refractivity (Wildman–Crippen MR) is 133 cm³/mol. The highest BCUT2D eigenvalue weighted by molar-refractivity contribution is 6.35. The van der Waals surface area contributed by atoms with E-state index in [-0.39, 0.29) is 39.8 Å². The average Bonchev–Trinajstić information content (AvgIpc) is 2.86. The van der Waals surface area contributed by atoms with Crippen LogP contribution in [0.3, 0.4) is 0 Å². The number of aliphatic hydroxyl groups excluding tert-OH is 1. The van der Waals surface area contributed by atoms with Gasteiger partial charge in [-0.3, -0.25) is 4.79 Å². The number of β-amino-alcohol motifs (C(OH)–C–C–N with tert-alkyl or cyclic N) is 1. The van der Waals surface area contributed by atoms with Gasteiger partial charge in [-0.2, -0.15) is 5.26 Å². The number of hydrogen-bond donors (Lipinski definition) is 3. The van der Waals surface area contributed by atoms with E-state index < -0.39 is 12.2 Å². The molecule has 0 aliphatic carbocycles. The second-order valence-corrected chi connectivity index (χ2v) is 9.47. The molecule has 0 amide bonds. The van der Waals surface area contributed by atoms with Gasteiger partial charge in [0.15, 0.2) is 5.78 Å². The van der Waals surface area contributed by atoms with Crippen molar-refractivity contribution >= 4 is 17.4 Å². The molecule has 188 valence electrons. The van der Waals surface area contributed by atoms with Gasteiger partial charge >= 0.3 is 0 Å². The highest BCUT2D eigenvalue weighted by atomic mass is 35.5. The zero-order chi connectivity index (χ0) is 25.4. The smallest absolute Gasteiger partial charge is 0.194 e. The highest BCUT2D eigenvalue weighted by Crippen LogP contribution is 2.31. The second kappa shape index (κ2) is 12.3. The molecule has 2 aromatic rings. The third kappa shape index (κ3) is 7.40. The van der Waals surface area contributed by atoms with Gasteiger partial charge in [-0.25, -0.2) is 0 Å². The number of hydrogen-bond acceptors (Lipinski definition) is 8. The van der Waals surface area contributed by atoms with Gasteiger partial charge in [-0.05, 0) is 50.1 Å². The minimum absolute atomic E-state index is 0.0254. The van der Waals surface area contributed by atoms with Crippen LogP contribution < -0.4 is 20.1 Å². The Kier molecular flexibility index (Phi) is 9.49. The molecule has 3 rings (SSSR count). The molecule has 1 heterocycles. The van der Waals surface area contributed by atoms with Crippen LogP contribution in [-0.2, 0) is 11.2 Å². The number of morpholine rings is 1. The number of ether oxygens (including phenoxy) is 3. The van der Waals surface area contributed by atoms with Gasteiger partial charge in [0.25, 0.3) is 0 Å². The highest BCUT2D eigenvalue weighted by Gasteiger charge is 2.27. The van der Waals surface area contributed by atoms with Crippen LogP contribution in [0.15, 0.2) is 36.4 Å². The van der Waals surface area contributed by atoms with E-state index in [0.717, 1.165) is 17.7 Å². The number of rotatable bonds is 11. The first-order chi connectivity index (χ1) is 16.7. The van der Waals surface area contributed by atoms with E-state index in [0.29, 0.717) is 26.2 Å². The van der Waals surface area contributed by atoms with Crippen LogP contribution >= 0.6 is 11.6 Å². The Hall–Kier alpha value is -2.67. The van der Waals surface area contributed by atoms with Crippen molar-refractivity contribution in [3.63, 3.8) is 0 Å². The summed E-state index contributed by atoms with van der Waals surface area (Å²) in [7, 11) is 1.63. The van der Waals surface area contributed by atoms with Crippen molar-refractivity contribution in [1.29, 1.82) is 5.26 Å². The Labute approximate surface area is 211 Å². The third-order valence-corrected chi connectivity index (χ3v) is 6.15. The van der Waals surface area contributed by atoms with Gasteiger partial charge in [0.05, 0.1) is 18.7 Å². The largest absolute Gasteiger partial charge is 0.497 e. The van der Waals surface area contributed by atoms with Crippen molar-refractivity contribution in [2.75, 3.05) is 40.0 Å². The summed E-state index contributed by atoms with van der Waals surface area (Å²) in [5, 5.41) is 26.6. The van der Waals surface area contributed by atoms with E-state index >= 15 is 0 Å². The van der Waals surface area contributed by atoms with E-state index in [1.165, 1.54) is 12.1 Å². The summed E-state index contributed by atoms with van der Waals surface area (Å²) in [5.41, 5.74) is 1.15. The first kappa shape index (κ1) is 26.9. The summed E-state index contributed by atoms with van der Waals surface area (Å²) in [6.07, 6.45) is -0.707. The molecule has 3 N–H and O–H groups in total. The third-order valence-electron chi connectivity index (χ3n) is 5.75. The molecule has 1 aliphatic heterocycles. The first-order valence-corrected chi connectivity index (χ1v) is 11.9. The number of benzene rings is 2. The van der Waals surface area contributed by atoms with E-state index in [1.807, 2.05) is 30.3 Å². The molecule has 2 atom stereocenters. The molecule has 1 saturated heterocycles. The predicted octanol–water partition coefficient (Wildman–Crippen LogP) is 2.74. The maximum Gasteiger partial charge on any atom is 0.194 e. The number of ketones is 1. The molecule has 0 aromatic heterocycles. The lowest BCUT2D eigenvalue weighted by molar-refractivity contribution is 0.0269. The quantitative estimate of drug-likeness (QED) is 0.403. The fourth-order valence-corrected chi connectivity index (χ4v) is 4.13. The summed E-state index contributed by atoms with van der Waals surface area (Å²) < 4.78 is 16.4. The Morgan fingerprint density at radius 3 is 2.71 bits per heavy atom. The summed E-state index contributed by atoms with van der Waals surface area (Å²) in [6, 6.07) is 12.9. The zero-order valence-corrected chi connectivity index (χ0v) is 21.0. The maximum atomic E-state index is 12.8. The Morgan fingerprint density at radius 2 is 2.09 bits per heavy atom. The molecule has 1 fully saturated rings. The van der Waals surface area contributed by atoms with Crippen LogP contribution in [-0.4, -0.2) is 68.6 Å². The molecule has 2 aromatic carbocycles. The number of nitriles is 1. The molecule has 1 aliphatic rings. The summed E-state index contributed by atoms with van der Waals surface area (Å²) >= 11 is 6.38. The molecule has 0 bridgehead atoms. The molecular formula is C26H32ClN3O5. The lowest BCUT2D eigenvalue weighted by Crippen LogP contribution is -2.46. The number of carbonyl (C=O) groups excluding carboxylic acids is 1. The van der Waals surface area contributed by atoms with Gasteiger partial charge in [0.1, 0.15) is 41.9 Å². The van der Waals surface area contributed by atoms with Gasteiger partial charge in [0.2, 0.25) is 0 Å². The number of Topliss-reactive ketones (excluding diaryl/α,β-unsaturated/α-hetero) is 1. The van der Waals surface area contributed by atoms with Crippen LogP contribution in [0.4, 0.5) is 0 Å². The van der Waals surface area contributed by atoms with Crippen LogP contribution in [0.5, 0.6) is 11.5 Å². The monoisotopic (exact) mass is 501 g/mol. The first-order valence-electron chi connectivity index (χ1n) is 11.5. The molecule has 35 heavy (non-hydrogen) atoms. The molecule has 8 nitrogen and oxygen atoms in total. The normalized spacial score (nSPS) is 16.9. The molecule has 9 heteroatoms. The fourth-order valence-electron chi connectivity index (χ4n) is 3.84. The van der Waals surface area contributed by atoms with Gasteiger partial charge in [-0.1, -0.05) is 23.7 Å². The van der Waals surface area contributed by atoms with Crippen LogP contribution in [0.1, 0.15) is 35.3 Å². The number of halogens is 1. The van der Waals surface area contributed by atoms with Crippen molar-refractivity contribution < 1.29 is 24.1 Å². The number of carbonyl (C=O) groups is 1. The Bertz CT molecular complexity index is 1050. The average molecular weight is 502 g/mol.